The summed E-state index contributed by atoms with van der Waals surface area (Å²) in [6, 6.07) is 19.2. The third-order valence-corrected chi connectivity index (χ3v) is 6.73. The molecule has 1 fully saturated rings. The predicted molar refractivity (Wildman–Crippen MR) is 142 cm³/mol. The Labute approximate surface area is 208 Å². The van der Waals surface area contributed by atoms with Crippen LogP contribution < -0.4 is 15.0 Å². The number of fused-ring (bicyclic) bond motifs is 2. The van der Waals surface area contributed by atoms with Crippen molar-refractivity contribution in [2.24, 2.45) is 0 Å². The summed E-state index contributed by atoms with van der Waals surface area (Å²) >= 11 is 0. The van der Waals surface area contributed by atoms with Gasteiger partial charge in [0.15, 0.2) is 5.82 Å². The lowest BCUT2D eigenvalue weighted by Gasteiger charge is -2.34. The van der Waals surface area contributed by atoms with Gasteiger partial charge in [-0.2, -0.15) is 5.10 Å². The number of methoxy groups -OCH3 is 1. The van der Waals surface area contributed by atoms with Crippen LogP contribution in [0, 0.1) is 0 Å². The maximum Gasteiger partial charge on any atom is 0.259 e. The van der Waals surface area contributed by atoms with Gasteiger partial charge >= 0.3 is 0 Å². The van der Waals surface area contributed by atoms with Gasteiger partial charge in [-0.3, -0.25) is 9.89 Å². The monoisotopic (exact) mass is 481 g/mol. The maximum atomic E-state index is 12.8. The third kappa shape index (κ3) is 4.03. The average Bonchev–Trinajstić information content (AvgIpc) is 3.52. The van der Waals surface area contributed by atoms with Gasteiger partial charge in [0.2, 0.25) is 0 Å². The average molecular weight is 482 g/mol. The molecule has 5 aromatic rings. The Balaban J connectivity index is 1.26. The largest absolute Gasteiger partial charge is 0.496 e. The number of hydrogen-bond donors (Lipinski definition) is 3. The number of carbonyl (C=O) groups excluding carboxylic acids is 1. The molecular formula is C27H27N7O2. The zero-order chi connectivity index (χ0) is 24.6. The first-order valence-corrected chi connectivity index (χ1v) is 12.0. The van der Waals surface area contributed by atoms with Crippen molar-refractivity contribution in [1.29, 1.82) is 0 Å². The van der Waals surface area contributed by atoms with E-state index in [0.29, 0.717) is 22.8 Å². The zero-order valence-corrected chi connectivity index (χ0v) is 20.2. The number of H-pyrrole nitrogens is 2. The molecule has 3 heterocycles. The van der Waals surface area contributed by atoms with Gasteiger partial charge in [-0.05, 0) is 55.6 Å². The number of ether oxygens (including phenoxy) is 1. The van der Waals surface area contributed by atoms with Gasteiger partial charge < -0.3 is 24.8 Å². The smallest absolute Gasteiger partial charge is 0.259 e. The highest BCUT2D eigenvalue weighted by Gasteiger charge is 2.18. The number of nitrogens with one attached hydrogen (secondary N) is 3. The molecule has 0 spiro atoms. The van der Waals surface area contributed by atoms with E-state index < -0.39 is 0 Å². The summed E-state index contributed by atoms with van der Waals surface area (Å²) in [5.74, 6) is 0.998. The molecule has 0 saturated carbocycles. The van der Waals surface area contributed by atoms with Crippen molar-refractivity contribution < 1.29 is 9.53 Å². The van der Waals surface area contributed by atoms with Crippen molar-refractivity contribution in [2.75, 3.05) is 50.6 Å². The Bertz CT molecular complexity index is 1560. The Morgan fingerprint density at radius 3 is 2.67 bits per heavy atom. The summed E-state index contributed by atoms with van der Waals surface area (Å²) in [4.78, 5) is 25.8. The Kier molecular flexibility index (Phi) is 5.54. The van der Waals surface area contributed by atoms with Gasteiger partial charge in [0.05, 0.1) is 29.2 Å². The molecular weight excluding hydrogens is 454 g/mol. The SMILES string of the molecule is COc1ccccc1C(=O)Nc1ccc2c(-c3nc4ccc(N5CCN(C)CC5)cc4[nH]3)n[nH]c2c1. The van der Waals surface area contributed by atoms with Crippen LogP contribution in [0.25, 0.3) is 33.5 Å². The maximum absolute atomic E-state index is 12.8. The molecule has 9 heteroatoms. The lowest BCUT2D eigenvalue weighted by atomic mass is 10.1. The van der Waals surface area contributed by atoms with Crippen LogP contribution in [0.4, 0.5) is 11.4 Å². The van der Waals surface area contributed by atoms with E-state index in [9.17, 15) is 4.79 Å². The van der Waals surface area contributed by atoms with Crippen LogP contribution in [0.3, 0.4) is 0 Å². The van der Waals surface area contributed by atoms with Crippen molar-refractivity contribution in [1.82, 2.24) is 25.1 Å². The Morgan fingerprint density at radius 2 is 1.83 bits per heavy atom. The van der Waals surface area contributed by atoms with Crippen LogP contribution >= 0.6 is 0 Å². The molecule has 1 amide bonds. The number of amides is 1. The molecule has 1 aliphatic rings. The van der Waals surface area contributed by atoms with E-state index in [1.165, 1.54) is 5.69 Å². The number of hydrogen-bond acceptors (Lipinski definition) is 6. The van der Waals surface area contributed by atoms with E-state index in [0.717, 1.165) is 53.8 Å². The first-order chi connectivity index (χ1) is 17.6. The van der Waals surface area contributed by atoms with E-state index in [-0.39, 0.29) is 5.91 Å². The summed E-state index contributed by atoms with van der Waals surface area (Å²) in [7, 11) is 3.71. The number of rotatable bonds is 5. The minimum absolute atomic E-state index is 0.236. The molecule has 3 aromatic carbocycles. The minimum atomic E-state index is -0.236. The van der Waals surface area contributed by atoms with E-state index in [1.807, 2.05) is 30.3 Å². The number of benzene rings is 3. The van der Waals surface area contributed by atoms with Crippen LogP contribution in [-0.4, -0.2) is 71.3 Å². The second-order valence-electron chi connectivity index (χ2n) is 9.06. The van der Waals surface area contributed by atoms with Gasteiger partial charge in [0.25, 0.3) is 5.91 Å². The molecule has 0 aliphatic carbocycles. The molecule has 182 valence electrons. The summed E-state index contributed by atoms with van der Waals surface area (Å²) < 4.78 is 5.31. The number of imidazole rings is 1. The normalized spacial score (nSPS) is 14.4. The number of para-hydroxylation sites is 1. The number of anilines is 2. The molecule has 2 aromatic heterocycles. The van der Waals surface area contributed by atoms with Crippen LogP contribution in [0.1, 0.15) is 10.4 Å². The second-order valence-corrected chi connectivity index (χ2v) is 9.06. The fourth-order valence-corrected chi connectivity index (χ4v) is 4.68. The first kappa shape index (κ1) is 22.1. The van der Waals surface area contributed by atoms with Crippen LogP contribution in [0.5, 0.6) is 5.75 Å². The molecule has 1 aliphatic heterocycles. The number of aromatic amines is 2. The van der Waals surface area contributed by atoms with E-state index in [2.05, 4.69) is 55.5 Å². The fraction of sp³-hybridized carbons (Fsp3) is 0.222. The van der Waals surface area contributed by atoms with Gasteiger partial charge in [0.1, 0.15) is 11.4 Å². The molecule has 0 unspecified atom stereocenters. The van der Waals surface area contributed by atoms with Gasteiger partial charge in [-0.1, -0.05) is 12.1 Å². The van der Waals surface area contributed by atoms with Crippen molar-refractivity contribution in [3.05, 3.63) is 66.2 Å². The van der Waals surface area contributed by atoms with Crippen LogP contribution in [-0.2, 0) is 0 Å². The predicted octanol–water partition coefficient (Wildman–Crippen LogP) is 4.12. The summed E-state index contributed by atoms with van der Waals surface area (Å²) in [6.45, 7) is 4.16. The lowest BCUT2D eigenvalue weighted by Crippen LogP contribution is -2.44. The Morgan fingerprint density at radius 1 is 1.00 bits per heavy atom. The lowest BCUT2D eigenvalue weighted by molar-refractivity contribution is 0.102. The highest BCUT2D eigenvalue weighted by Crippen LogP contribution is 2.30. The zero-order valence-electron chi connectivity index (χ0n) is 20.2. The van der Waals surface area contributed by atoms with Crippen LogP contribution in [0.15, 0.2) is 60.7 Å². The molecule has 0 bridgehead atoms. The van der Waals surface area contributed by atoms with Gasteiger partial charge in [0, 0.05) is 42.9 Å². The van der Waals surface area contributed by atoms with Gasteiger partial charge in [-0.15, -0.1) is 0 Å². The molecule has 9 nitrogen and oxygen atoms in total. The van der Waals surface area contributed by atoms with Crippen LogP contribution in [0.2, 0.25) is 0 Å². The van der Waals surface area contributed by atoms with Crippen molar-refractivity contribution in [2.45, 2.75) is 0 Å². The van der Waals surface area contributed by atoms with Gasteiger partial charge in [-0.25, -0.2) is 4.98 Å². The Hall–Kier alpha value is -4.37. The van der Waals surface area contributed by atoms with Crippen molar-refractivity contribution >= 4 is 39.2 Å². The molecule has 6 rings (SSSR count). The van der Waals surface area contributed by atoms with E-state index in [4.69, 9.17) is 9.72 Å². The number of aromatic nitrogens is 4. The number of piperazine rings is 1. The molecule has 1 saturated heterocycles. The molecule has 36 heavy (non-hydrogen) atoms. The van der Waals surface area contributed by atoms with E-state index in [1.54, 1.807) is 19.2 Å². The fourth-order valence-electron chi connectivity index (χ4n) is 4.68. The van der Waals surface area contributed by atoms with Crippen molar-refractivity contribution in [3.63, 3.8) is 0 Å². The standard InChI is InChI=1S/C27H27N7O2/c1-33-11-13-34(14-12-33)18-8-10-21-23(16-18)30-26(29-21)25-19-9-7-17(15-22(19)31-32-25)28-27(35)20-5-3-4-6-24(20)36-2/h3-10,15-16H,11-14H2,1-2H3,(H,28,35)(H,29,30)(H,31,32). The molecule has 0 radical (unpaired) electrons. The quantitative estimate of drug-likeness (QED) is 0.349. The first-order valence-electron chi connectivity index (χ1n) is 12.0. The number of nitrogens with zero attached hydrogens (tertiary/aromatic N) is 4. The summed E-state index contributed by atoms with van der Waals surface area (Å²) in [5, 5.41) is 11.5. The van der Waals surface area contributed by atoms with Crippen molar-refractivity contribution in [3.8, 4) is 17.3 Å². The number of carbonyl (C=O) groups is 1. The number of likely N-dealkylation sites (N-methyl/N-ethyl adjacent to an activating group) is 1. The second kappa shape index (κ2) is 9.01. The topological polar surface area (TPSA) is 102 Å². The molecule has 0 atom stereocenters. The highest BCUT2D eigenvalue weighted by molar-refractivity contribution is 6.07. The minimum Gasteiger partial charge on any atom is -0.496 e. The molecule has 3 N–H and O–H groups in total. The van der Waals surface area contributed by atoms with E-state index >= 15 is 0 Å². The highest BCUT2D eigenvalue weighted by atomic mass is 16.5. The third-order valence-electron chi connectivity index (χ3n) is 6.73. The summed E-state index contributed by atoms with van der Waals surface area (Å²) in [6.07, 6.45) is 0. The summed E-state index contributed by atoms with van der Waals surface area (Å²) in [5.41, 5.74) is 5.77.